The Hall–Kier alpha value is -4.84. The lowest BCUT2D eigenvalue weighted by Crippen LogP contribution is -2.58. The molecule has 5 atom stereocenters. The Labute approximate surface area is 329 Å². The van der Waals surface area contributed by atoms with Gasteiger partial charge >= 0.3 is 6.09 Å². The summed E-state index contributed by atoms with van der Waals surface area (Å²) >= 11 is 1.40. The zero-order valence-corrected chi connectivity index (χ0v) is 33.5. The van der Waals surface area contributed by atoms with E-state index in [4.69, 9.17) is 19.7 Å². The molecule has 0 bridgehead atoms. The molecule has 0 unspecified atom stereocenters. The van der Waals surface area contributed by atoms with E-state index in [9.17, 15) is 27.6 Å². The van der Waals surface area contributed by atoms with Crippen LogP contribution in [0.5, 0.6) is 5.75 Å². The molecule has 2 aliphatic heterocycles. The molecule has 7 rings (SSSR count). The van der Waals surface area contributed by atoms with Crippen LogP contribution in [0.3, 0.4) is 0 Å². The lowest BCUT2D eigenvalue weighted by molar-refractivity contribution is -0.141. The number of sulfonamides is 1. The van der Waals surface area contributed by atoms with Crippen LogP contribution >= 0.6 is 11.3 Å². The molecule has 1 saturated heterocycles. The van der Waals surface area contributed by atoms with Gasteiger partial charge in [0.25, 0.3) is 5.91 Å². The highest BCUT2D eigenvalue weighted by molar-refractivity contribution is 7.91. The summed E-state index contributed by atoms with van der Waals surface area (Å²) in [5.41, 5.74) is -0.499. The van der Waals surface area contributed by atoms with Crippen LogP contribution in [0.25, 0.3) is 22.0 Å². The van der Waals surface area contributed by atoms with Crippen LogP contribution in [0.4, 0.5) is 4.79 Å². The summed E-state index contributed by atoms with van der Waals surface area (Å²) in [5.74, 6) is -1.67. The van der Waals surface area contributed by atoms with Crippen molar-refractivity contribution in [1.82, 2.24) is 40.2 Å². The van der Waals surface area contributed by atoms with E-state index < -0.39 is 74.3 Å². The Kier molecular flexibility index (Phi) is 11.0. The van der Waals surface area contributed by atoms with Gasteiger partial charge in [-0.05, 0) is 83.6 Å². The van der Waals surface area contributed by atoms with Crippen molar-refractivity contribution in [3.63, 3.8) is 0 Å². The van der Waals surface area contributed by atoms with Gasteiger partial charge in [-0.3, -0.25) is 19.1 Å². The number of hydrogen-bond acceptors (Lipinski definition) is 12. The molecule has 1 aromatic carbocycles. The topological polar surface area (TPSA) is 204 Å². The average molecular weight is 809 g/mol. The fourth-order valence-electron chi connectivity index (χ4n) is 7.31. The van der Waals surface area contributed by atoms with E-state index in [0.717, 1.165) is 18.4 Å². The summed E-state index contributed by atoms with van der Waals surface area (Å²) in [6.45, 7) is 5.20. The molecular formula is C38H48N8O8S2. The van der Waals surface area contributed by atoms with Crippen molar-refractivity contribution < 1.29 is 37.1 Å². The van der Waals surface area contributed by atoms with Crippen molar-refractivity contribution >= 4 is 45.2 Å². The van der Waals surface area contributed by atoms with E-state index in [0.29, 0.717) is 54.2 Å². The summed E-state index contributed by atoms with van der Waals surface area (Å²) in [4.78, 5) is 63.4. The molecule has 16 nitrogen and oxygen atoms in total. The maximum Gasteiger partial charge on any atom is 0.408 e. The molecule has 2 saturated carbocycles. The molecule has 4 heterocycles. The average Bonchev–Trinajstić information content (AvgIpc) is 3.90. The van der Waals surface area contributed by atoms with Crippen LogP contribution in [0, 0.1) is 5.92 Å². The number of methoxy groups -OCH3 is 1. The lowest BCUT2D eigenvalue weighted by Gasteiger charge is -2.30. The predicted octanol–water partition coefficient (Wildman–Crippen LogP) is 4.12. The van der Waals surface area contributed by atoms with Crippen molar-refractivity contribution in [2.45, 2.75) is 113 Å². The van der Waals surface area contributed by atoms with Crippen molar-refractivity contribution in [2.24, 2.45) is 5.92 Å². The molecule has 4 aliphatic rings. The van der Waals surface area contributed by atoms with Gasteiger partial charge in [0.2, 0.25) is 21.8 Å². The molecule has 56 heavy (non-hydrogen) atoms. The molecule has 2 aromatic heterocycles. The molecule has 18 heteroatoms. The van der Waals surface area contributed by atoms with E-state index >= 15 is 0 Å². The summed E-state index contributed by atoms with van der Waals surface area (Å²) in [6, 6.07) is 4.62. The Morgan fingerprint density at radius 3 is 2.46 bits per heavy atom. The smallest absolute Gasteiger partial charge is 0.408 e. The number of carbonyl (C=O) groups excluding carboxylic acids is 4. The number of nitrogens with zero attached hydrogens (tertiary/aromatic N) is 5. The van der Waals surface area contributed by atoms with Gasteiger partial charge in [0.15, 0.2) is 0 Å². The van der Waals surface area contributed by atoms with Crippen LogP contribution < -0.4 is 20.1 Å². The first kappa shape index (κ1) is 39.4. The normalized spacial score (nSPS) is 26.5. The maximum absolute atomic E-state index is 14.6. The number of alkyl carbamates (subject to hydrolysis) is 1. The third kappa shape index (κ3) is 8.60. The van der Waals surface area contributed by atoms with Crippen molar-refractivity contribution in [3.8, 4) is 27.7 Å². The second-order valence-electron chi connectivity index (χ2n) is 15.9. The molecule has 0 radical (unpaired) electrons. The summed E-state index contributed by atoms with van der Waals surface area (Å²) in [5, 5.41) is 17.3. The first-order valence-electron chi connectivity index (χ1n) is 19.0. The Bertz CT molecular complexity index is 2090. The molecular weight excluding hydrogens is 761 g/mol. The molecule has 3 N–H and O–H groups in total. The van der Waals surface area contributed by atoms with Crippen molar-refractivity contribution in [2.75, 3.05) is 13.7 Å². The number of nitrogens with one attached hydrogen (secondary N) is 3. The fraction of sp³-hybridized carbons (Fsp3) is 0.553. The predicted molar refractivity (Wildman–Crippen MR) is 207 cm³/mol. The molecule has 0 spiro atoms. The summed E-state index contributed by atoms with van der Waals surface area (Å²) in [6.07, 6.45) is 9.11. The fourth-order valence-corrected chi connectivity index (χ4v) is 9.29. The van der Waals surface area contributed by atoms with Crippen LogP contribution in [0.2, 0.25) is 0 Å². The zero-order chi connectivity index (χ0) is 39.8. The number of ether oxygens (including phenoxy) is 2. The molecule has 2 aliphatic carbocycles. The van der Waals surface area contributed by atoms with Gasteiger partial charge in [-0.2, -0.15) is 9.90 Å². The first-order chi connectivity index (χ1) is 26.7. The SMILES string of the molecule is COc1ccc(-c2nn([C@H]3C[C@@H]4C(=O)N[C@@]5(C(=O)NS(=O)(=O)C6CC6)C[C@@H]5/C=C/CCCCC[C@H](NC(=O)OC(C)(C)C)C(=O)N4C3)nc2-c2nccs2)cc1. The van der Waals surface area contributed by atoms with Crippen LogP contribution in [-0.2, 0) is 29.1 Å². The molecule has 3 aromatic rings. The minimum atomic E-state index is -3.90. The van der Waals surface area contributed by atoms with E-state index in [1.807, 2.05) is 41.8 Å². The third-order valence-electron chi connectivity index (χ3n) is 10.5. The molecule has 3 fully saturated rings. The van der Waals surface area contributed by atoms with Crippen molar-refractivity contribution in [1.29, 1.82) is 0 Å². The number of rotatable bonds is 8. The lowest BCUT2D eigenvalue weighted by atomic mass is 10.0. The number of benzene rings is 1. The monoisotopic (exact) mass is 808 g/mol. The number of fused-ring (bicyclic) bond motifs is 2. The van der Waals surface area contributed by atoms with Crippen LogP contribution in [0.1, 0.15) is 84.6 Å². The van der Waals surface area contributed by atoms with E-state index in [2.05, 4.69) is 20.3 Å². The van der Waals surface area contributed by atoms with Crippen LogP contribution in [-0.4, -0.2) is 99.2 Å². The number of aromatic nitrogens is 4. The van der Waals surface area contributed by atoms with E-state index in [1.54, 1.807) is 34.1 Å². The maximum atomic E-state index is 14.6. The first-order valence-corrected chi connectivity index (χ1v) is 21.5. The van der Waals surface area contributed by atoms with Crippen molar-refractivity contribution in [3.05, 3.63) is 48.0 Å². The number of hydrogen-bond donors (Lipinski definition) is 3. The Morgan fingerprint density at radius 2 is 1.79 bits per heavy atom. The summed E-state index contributed by atoms with van der Waals surface area (Å²) in [7, 11) is -2.32. The highest BCUT2D eigenvalue weighted by Crippen LogP contribution is 2.46. The minimum absolute atomic E-state index is 0.00997. The zero-order valence-electron chi connectivity index (χ0n) is 31.9. The molecule has 300 valence electrons. The van der Waals surface area contributed by atoms with E-state index in [1.165, 1.54) is 21.0 Å². The third-order valence-corrected chi connectivity index (χ3v) is 13.1. The van der Waals surface area contributed by atoms with Gasteiger partial charge in [0.1, 0.15) is 45.4 Å². The summed E-state index contributed by atoms with van der Waals surface area (Å²) < 4.78 is 38.9. The quantitative estimate of drug-likeness (QED) is 0.276. The second kappa shape index (κ2) is 15.6. The van der Waals surface area contributed by atoms with Gasteiger partial charge in [-0.1, -0.05) is 25.0 Å². The number of carbonyl (C=O) groups is 4. The number of thiazole rings is 1. The van der Waals surface area contributed by atoms with Gasteiger partial charge < -0.3 is 25.0 Å². The van der Waals surface area contributed by atoms with E-state index in [-0.39, 0.29) is 19.4 Å². The highest BCUT2D eigenvalue weighted by atomic mass is 32.2. The standard InChI is InChI=1S/C38H48N8O8S2/c1-37(2,3)54-36(50)40-28-11-9-7-5-6-8-10-24-21-38(24,35(49)44-56(51,52)27-16-17-27)41-32(47)29-20-25(22-45(29)34(28)48)46-42-30(23-12-14-26(53-4)15-13-23)31(43-46)33-39-18-19-55-33/h8,10,12-15,18-19,24-25,27-29H,5-7,9,11,16-17,20-22H2,1-4H3,(H,40,50)(H,41,47)(H,44,49)/b10-8+/t24-,25-,28-,29+,38-/m0/s1. The minimum Gasteiger partial charge on any atom is -0.497 e. The highest BCUT2D eigenvalue weighted by Gasteiger charge is 2.62. The van der Waals surface area contributed by atoms with Crippen LogP contribution in [0.15, 0.2) is 48.0 Å². The Morgan fingerprint density at radius 1 is 1.04 bits per heavy atom. The second-order valence-corrected chi connectivity index (χ2v) is 18.7. The van der Waals surface area contributed by atoms with Gasteiger partial charge in [-0.25, -0.2) is 18.2 Å². The Balaban J connectivity index is 1.24. The number of amides is 4. The number of allylic oxidation sites excluding steroid dienone is 1. The van der Waals surface area contributed by atoms with Gasteiger partial charge in [0, 0.05) is 36.0 Å². The van der Waals surface area contributed by atoms with Gasteiger partial charge in [-0.15, -0.1) is 16.4 Å². The molecule has 4 amide bonds. The largest absolute Gasteiger partial charge is 0.497 e. The van der Waals surface area contributed by atoms with Gasteiger partial charge in [0.05, 0.1) is 18.4 Å².